The zero-order valence-electron chi connectivity index (χ0n) is 16.1. The smallest absolute Gasteiger partial charge is 0.356 e. The first-order valence-electron chi connectivity index (χ1n) is 8.64. The molecule has 0 aliphatic heterocycles. The molecule has 12 nitrogen and oxygen atoms in total. The summed E-state index contributed by atoms with van der Waals surface area (Å²) < 4.78 is 4.36. The molecule has 0 spiro atoms. The first-order chi connectivity index (χ1) is 13.8. The average Bonchev–Trinajstić information content (AvgIpc) is 3.36. The minimum atomic E-state index is -1.14. The number of carboxylic acid groups (broad SMARTS) is 1. The monoisotopic (exact) mass is 400 g/mol. The number of carbonyl (C=O) groups is 3. The van der Waals surface area contributed by atoms with E-state index in [0.717, 1.165) is 5.69 Å². The standard InChI is InChI=1S/C17H20N8O4/c1-10-12(8-18-23(10)2)21-16(27)15-13(9-19-24(15)3)20-14(26)5-7-25-6-4-11(22-25)17(28)29/h4,6,8-9H,5,7H2,1-3H3,(H,20,26)(H,21,27)(H,28,29). The Hall–Kier alpha value is -3.96. The number of nitrogens with zero attached hydrogens (tertiary/aromatic N) is 6. The van der Waals surface area contributed by atoms with Gasteiger partial charge in [-0.1, -0.05) is 0 Å². The molecule has 3 aromatic rings. The number of anilines is 2. The highest BCUT2D eigenvalue weighted by atomic mass is 16.4. The molecule has 0 saturated heterocycles. The van der Waals surface area contributed by atoms with Crippen LogP contribution in [0.2, 0.25) is 0 Å². The van der Waals surface area contributed by atoms with Crippen molar-refractivity contribution in [3.63, 3.8) is 0 Å². The number of carboxylic acids is 1. The lowest BCUT2D eigenvalue weighted by Gasteiger charge is -2.09. The van der Waals surface area contributed by atoms with Gasteiger partial charge < -0.3 is 15.7 Å². The molecule has 0 bridgehead atoms. The summed E-state index contributed by atoms with van der Waals surface area (Å²) in [6.07, 6.45) is 4.45. The maximum atomic E-state index is 12.7. The second-order valence-electron chi connectivity index (χ2n) is 6.32. The number of aryl methyl sites for hydroxylation is 3. The van der Waals surface area contributed by atoms with E-state index in [4.69, 9.17) is 5.11 Å². The van der Waals surface area contributed by atoms with Crippen LogP contribution in [0.1, 0.15) is 33.1 Å². The van der Waals surface area contributed by atoms with E-state index in [1.165, 1.54) is 34.0 Å². The number of amides is 2. The van der Waals surface area contributed by atoms with E-state index in [1.807, 2.05) is 6.92 Å². The Labute approximate surface area is 165 Å². The molecule has 0 saturated carbocycles. The number of hydrogen-bond donors (Lipinski definition) is 3. The molecule has 29 heavy (non-hydrogen) atoms. The van der Waals surface area contributed by atoms with E-state index in [1.54, 1.807) is 18.8 Å². The molecule has 152 valence electrons. The Morgan fingerprint density at radius 2 is 1.76 bits per heavy atom. The summed E-state index contributed by atoms with van der Waals surface area (Å²) >= 11 is 0. The molecule has 3 rings (SSSR count). The summed E-state index contributed by atoms with van der Waals surface area (Å²) in [6, 6.07) is 1.35. The van der Waals surface area contributed by atoms with E-state index in [-0.39, 0.29) is 35.9 Å². The van der Waals surface area contributed by atoms with Crippen LogP contribution < -0.4 is 10.6 Å². The van der Waals surface area contributed by atoms with Gasteiger partial charge in [-0.15, -0.1) is 0 Å². The summed E-state index contributed by atoms with van der Waals surface area (Å²) in [7, 11) is 3.36. The van der Waals surface area contributed by atoms with Crippen molar-refractivity contribution in [2.45, 2.75) is 19.9 Å². The van der Waals surface area contributed by atoms with Crippen molar-refractivity contribution in [2.75, 3.05) is 10.6 Å². The largest absolute Gasteiger partial charge is 0.476 e. The van der Waals surface area contributed by atoms with Gasteiger partial charge in [0.25, 0.3) is 5.91 Å². The van der Waals surface area contributed by atoms with Crippen molar-refractivity contribution in [2.24, 2.45) is 14.1 Å². The number of rotatable bonds is 7. The molecule has 0 unspecified atom stereocenters. The van der Waals surface area contributed by atoms with Crippen molar-refractivity contribution in [1.82, 2.24) is 29.3 Å². The van der Waals surface area contributed by atoms with Crippen LogP contribution in [-0.4, -0.2) is 52.2 Å². The van der Waals surface area contributed by atoms with Gasteiger partial charge in [0.1, 0.15) is 5.69 Å². The van der Waals surface area contributed by atoms with Gasteiger partial charge in [0.05, 0.1) is 29.5 Å². The molecular formula is C17H20N8O4. The lowest BCUT2D eigenvalue weighted by molar-refractivity contribution is -0.116. The van der Waals surface area contributed by atoms with Crippen LogP contribution in [0.25, 0.3) is 0 Å². The predicted molar refractivity (Wildman–Crippen MR) is 102 cm³/mol. The molecule has 0 aliphatic rings. The number of carbonyl (C=O) groups excluding carboxylic acids is 2. The topological polar surface area (TPSA) is 149 Å². The van der Waals surface area contributed by atoms with E-state index in [0.29, 0.717) is 5.69 Å². The number of hydrogen-bond acceptors (Lipinski definition) is 6. The number of aromatic nitrogens is 6. The Bertz CT molecular complexity index is 1080. The SMILES string of the molecule is Cc1c(NC(=O)c2c(NC(=O)CCn3ccc(C(=O)O)n3)cnn2C)cnn1C. The molecule has 2 amide bonds. The summed E-state index contributed by atoms with van der Waals surface area (Å²) in [4.78, 5) is 35.8. The molecule has 3 aromatic heterocycles. The average molecular weight is 400 g/mol. The van der Waals surface area contributed by atoms with Gasteiger partial charge in [-0.3, -0.25) is 23.6 Å². The van der Waals surface area contributed by atoms with Crippen molar-refractivity contribution >= 4 is 29.2 Å². The fourth-order valence-electron chi connectivity index (χ4n) is 2.63. The van der Waals surface area contributed by atoms with Gasteiger partial charge in [0.15, 0.2) is 5.69 Å². The van der Waals surface area contributed by atoms with Crippen LogP contribution in [0.3, 0.4) is 0 Å². The first-order valence-corrected chi connectivity index (χ1v) is 8.64. The zero-order valence-corrected chi connectivity index (χ0v) is 16.1. The minimum absolute atomic E-state index is 0.0401. The van der Waals surface area contributed by atoms with Crippen LogP contribution in [0.4, 0.5) is 11.4 Å². The fourth-order valence-corrected chi connectivity index (χ4v) is 2.63. The molecular weight excluding hydrogens is 380 g/mol. The summed E-state index contributed by atoms with van der Waals surface area (Å²) in [5.74, 6) is -1.94. The molecule has 0 radical (unpaired) electrons. The molecule has 3 N–H and O–H groups in total. The molecule has 0 aromatic carbocycles. The van der Waals surface area contributed by atoms with E-state index >= 15 is 0 Å². The van der Waals surface area contributed by atoms with Gasteiger partial charge in [0.2, 0.25) is 5.91 Å². The van der Waals surface area contributed by atoms with Gasteiger partial charge in [0, 0.05) is 33.3 Å². The lowest BCUT2D eigenvalue weighted by Crippen LogP contribution is -2.21. The highest BCUT2D eigenvalue weighted by Gasteiger charge is 2.20. The normalized spacial score (nSPS) is 10.7. The van der Waals surface area contributed by atoms with E-state index in [2.05, 4.69) is 25.9 Å². The van der Waals surface area contributed by atoms with E-state index in [9.17, 15) is 14.4 Å². The molecule has 0 atom stereocenters. The third-order valence-corrected chi connectivity index (χ3v) is 4.34. The highest BCUT2D eigenvalue weighted by Crippen LogP contribution is 2.19. The Kier molecular flexibility index (Phi) is 5.43. The lowest BCUT2D eigenvalue weighted by atomic mass is 10.3. The molecule has 3 heterocycles. The zero-order chi connectivity index (χ0) is 21.1. The van der Waals surface area contributed by atoms with Crippen LogP contribution in [-0.2, 0) is 25.4 Å². The Balaban J connectivity index is 1.65. The van der Waals surface area contributed by atoms with Gasteiger partial charge in [-0.25, -0.2) is 4.79 Å². The Morgan fingerprint density at radius 3 is 2.38 bits per heavy atom. The third-order valence-electron chi connectivity index (χ3n) is 4.34. The summed E-state index contributed by atoms with van der Waals surface area (Å²) in [6.45, 7) is 2.01. The quantitative estimate of drug-likeness (QED) is 0.527. The highest BCUT2D eigenvalue weighted by molar-refractivity contribution is 6.09. The van der Waals surface area contributed by atoms with Crippen molar-refractivity contribution in [3.05, 3.63) is 41.7 Å². The second-order valence-corrected chi connectivity index (χ2v) is 6.32. The molecule has 12 heteroatoms. The van der Waals surface area contributed by atoms with Gasteiger partial charge in [-0.2, -0.15) is 15.3 Å². The Morgan fingerprint density at radius 1 is 1.07 bits per heavy atom. The molecule has 0 fully saturated rings. The van der Waals surface area contributed by atoms with Crippen molar-refractivity contribution in [3.8, 4) is 0 Å². The van der Waals surface area contributed by atoms with Crippen molar-refractivity contribution < 1.29 is 19.5 Å². The van der Waals surface area contributed by atoms with E-state index < -0.39 is 11.9 Å². The first kappa shape index (κ1) is 19.8. The van der Waals surface area contributed by atoms with Crippen LogP contribution in [0.15, 0.2) is 24.7 Å². The number of nitrogens with one attached hydrogen (secondary N) is 2. The van der Waals surface area contributed by atoms with Crippen LogP contribution >= 0.6 is 0 Å². The summed E-state index contributed by atoms with van der Waals surface area (Å²) in [5.41, 5.74) is 1.70. The third kappa shape index (κ3) is 4.31. The van der Waals surface area contributed by atoms with Crippen LogP contribution in [0.5, 0.6) is 0 Å². The maximum Gasteiger partial charge on any atom is 0.356 e. The molecule has 0 aliphatic carbocycles. The summed E-state index contributed by atoms with van der Waals surface area (Å²) in [5, 5.41) is 26.2. The van der Waals surface area contributed by atoms with Crippen LogP contribution in [0, 0.1) is 6.92 Å². The van der Waals surface area contributed by atoms with Crippen molar-refractivity contribution in [1.29, 1.82) is 0 Å². The minimum Gasteiger partial charge on any atom is -0.476 e. The predicted octanol–water partition coefficient (Wildman–Crippen LogP) is 0.638. The second kappa shape index (κ2) is 7.96. The number of aromatic carboxylic acids is 1. The maximum absolute atomic E-state index is 12.7. The van der Waals surface area contributed by atoms with Gasteiger partial charge in [-0.05, 0) is 13.0 Å². The van der Waals surface area contributed by atoms with Gasteiger partial charge >= 0.3 is 5.97 Å². The fraction of sp³-hybridized carbons (Fsp3) is 0.294.